The molecule has 1 N–H and O–H groups in total. The third-order valence-electron chi connectivity index (χ3n) is 6.20. The summed E-state index contributed by atoms with van der Waals surface area (Å²) in [5.74, 6) is 0.822. The molecule has 0 amide bonds. The van der Waals surface area contributed by atoms with Crippen LogP contribution in [-0.2, 0) is 11.3 Å². The number of fused-ring (bicyclic) bond motifs is 1. The minimum absolute atomic E-state index is 0.117. The van der Waals surface area contributed by atoms with Gasteiger partial charge in [0.05, 0.1) is 25.5 Å². The molecule has 0 radical (unpaired) electrons. The number of hydrogen-bond acceptors (Lipinski definition) is 7. The Morgan fingerprint density at radius 1 is 1.09 bits per heavy atom. The van der Waals surface area contributed by atoms with E-state index in [1.54, 1.807) is 0 Å². The molecule has 0 aliphatic carbocycles. The lowest BCUT2D eigenvalue weighted by Gasteiger charge is -2.29. The van der Waals surface area contributed by atoms with Gasteiger partial charge in [-0.3, -0.25) is 0 Å². The highest BCUT2D eigenvalue weighted by Gasteiger charge is 2.16. The predicted octanol–water partition coefficient (Wildman–Crippen LogP) is 5.43. The van der Waals surface area contributed by atoms with Gasteiger partial charge in [-0.2, -0.15) is 5.10 Å². The van der Waals surface area contributed by atoms with Gasteiger partial charge in [-0.25, -0.2) is 0 Å². The highest BCUT2D eigenvalue weighted by Crippen LogP contribution is 2.35. The zero-order chi connectivity index (χ0) is 23.5. The predicted molar refractivity (Wildman–Crippen MR) is 142 cm³/mol. The van der Waals surface area contributed by atoms with E-state index in [0.29, 0.717) is 0 Å². The quantitative estimate of drug-likeness (QED) is 0.386. The fraction of sp³-hybridized carbons (Fsp3) is 0.333. The SMILES string of the molecule is CC(Nc1nncc2ccc(N3CCOCC3)cc12)c1ccc(-c2ccccc2CN(C)C)s1. The van der Waals surface area contributed by atoms with Crippen LogP contribution >= 0.6 is 11.3 Å². The van der Waals surface area contributed by atoms with Crippen molar-refractivity contribution >= 4 is 33.6 Å². The second-order valence-electron chi connectivity index (χ2n) is 9.03. The van der Waals surface area contributed by atoms with Crippen molar-refractivity contribution in [2.24, 2.45) is 0 Å². The van der Waals surface area contributed by atoms with Gasteiger partial charge in [0.15, 0.2) is 5.82 Å². The number of nitrogens with one attached hydrogen (secondary N) is 1. The summed E-state index contributed by atoms with van der Waals surface area (Å²) >= 11 is 1.83. The zero-order valence-electron chi connectivity index (χ0n) is 20.0. The summed E-state index contributed by atoms with van der Waals surface area (Å²) in [6.07, 6.45) is 1.83. The van der Waals surface area contributed by atoms with E-state index in [1.807, 2.05) is 17.5 Å². The summed E-state index contributed by atoms with van der Waals surface area (Å²) in [6, 6.07) is 19.8. The second kappa shape index (κ2) is 10.1. The summed E-state index contributed by atoms with van der Waals surface area (Å²) in [4.78, 5) is 7.15. The maximum Gasteiger partial charge on any atom is 0.157 e. The van der Waals surface area contributed by atoms with Crippen LogP contribution in [0, 0.1) is 0 Å². The van der Waals surface area contributed by atoms with E-state index in [0.717, 1.165) is 49.4 Å². The van der Waals surface area contributed by atoms with Crippen molar-refractivity contribution in [1.29, 1.82) is 0 Å². The molecule has 1 aliphatic rings. The van der Waals surface area contributed by atoms with Crippen LogP contribution < -0.4 is 10.2 Å². The largest absolute Gasteiger partial charge is 0.378 e. The lowest BCUT2D eigenvalue weighted by molar-refractivity contribution is 0.122. The first-order valence-corrected chi connectivity index (χ1v) is 12.6. The zero-order valence-corrected chi connectivity index (χ0v) is 20.8. The Labute approximate surface area is 205 Å². The molecule has 0 spiro atoms. The third kappa shape index (κ3) is 4.92. The van der Waals surface area contributed by atoms with Gasteiger partial charge < -0.3 is 19.9 Å². The minimum atomic E-state index is 0.117. The van der Waals surface area contributed by atoms with Gasteiger partial charge in [0.1, 0.15) is 0 Å². The van der Waals surface area contributed by atoms with Crippen molar-refractivity contribution < 1.29 is 4.74 Å². The molecule has 2 aromatic heterocycles. The molecule has 1 unspecified atom stereocenters. The average Bonchev–Trinajstić information content (AvgIpc) is 3.35. The first kappa shape index (κ1) is 22.8. The highest BCUT2D eigenvalue weighted by atomic mass is 32.1. The molecule has 5 rings (SSSR count). The summed E-state index contributed by atoms with van der Waals surface area (Å²) < 4.78 is 5.52. The van der Waals surface area contributed by atoms with Crippen molar-refractivity contribution in [3.8, 4) is 10.4 Å². The molecule has 6 nitrogen and oxygen atoms in total. The monoisotopic (exact) mass is 473 g/mol. The molecule has 7 heteroatoms. The van der Waals surface area contributed by atoms with Gasteiger partial charge in [-0.1, -0.05) is 30.3 Å². The molecule has 176 valence electrons. The Morgan fingerprint density at radius 2 is 1.91 bits per heavy atom. The summed E-state index contributed by atoms with van der Waals surface area (Å²) in [5.41, 5.74) is 3.85. The normalized spacial score (nSPS) is 15.1. The summed E-state index contributed by atoms with van der Waals surface area (Å²) in [5, 5.41) is 14.5. The Hall–Kier alpha value is -3.00. The number of morpholine rings is 1. The van der Waals surface area contributed by atoms with Crippen LogP contribution in [0.2, 0.25) is 0 Å². The number of aromatic nitrogens is 2. The number of anilines is 2. The molecular formula is C27H31N5OS. The van der Waals surface area contributed by atoms with Gasteiger partial charge in [-0.05, 0) is 56.4 Å². The smallest absolute Gasteiger partial charge is 0.157 e. The molecule has 1 fully saturated rings. The molecule has 3 heterocycles. The lowest BCUT2D eigenvalue weighted by atomic mass is 10.1. The highest BCUT2D eigenvalue weighted by molar-refractivity contribution is 7.15. The fourth-order valence-corrected chi connectivity index (χ4v) is 5.51. The number of ether oxygens (including phenoxy) is 1. The van der Waals surface area contributed by atoms with Gasteiger partial charge in [0, 0.05) is 45.8 Å². The number of hydrogen-bond donors (Lipinski definition) is 1. The minimum Gasteiger partial charge on any atom is -0.378 e. The topological polar surface area (TPSA) is 53.5 Å². The van der Waals surface area contributed by atoms with Crippen LogP contribution in [0.5, 0.6) is 0 Å². The number of rotatable bonds is 7. The van der Waals surface area contributed by atoms with E-state index in [9.17, 15) is 0 Å². The molecule has 34 heavy (non-hydrogen) atoms. The van der Waals surface area contributed by atoms with Gasteiger partial charge >= 0.3 is 0 Å². The Kier molecular flexibility index (Phi) is 6.76. The van der Waals surface area contributed by atoms with E-state index in [1.165, 1.54) is 26.6 Å². The number of benzene rings is 2. The van der Waals surface area contributed by atoms with Crippen LogP contribution in [0.25, 0.3) is 21.2 Å². The van der Waals surface area contributed by atoms with Crippen LogP contribution in [-0.4, -0.2) is 55.5 Å². The molecular weight excluding hydrogens is 442 g/mol. The standard InChI is InChI=1S/C27H31N5OS/c1-19(25-10-11-26(34-25)23-7-5-4-6-21(23)18-31(2)3)29-27-24-16-22(32-12-14-33-15-13-32)9-8-20(24)17-28-30-27/h4-11,16-17,19H,12-15,18H2,1-3H3,(H,29,30). The van der Waals surface area contributed by atoms with Crippen molar-refractivity contribution in [2.45, 2.75) is 19.5 Å². The van der Waals surface area contributed by atoms with E-state index in [2.05, 4.69) is 101 Å². The summed E-state index contributed by atoms with van der Waals surface area (Å²) in [7, 11) is 4.22. The molecule has 2 aromatic carbocycles. The van der Waals surface area contributed by atoms with Crippen LogP contribution in [0.3, 0.4) is 0 Å². The van der Waals surface area contributed by atoms with Gasteiger partial charge in [0.2, 0.25) is 0 Å². The van der Waals surface area contributed by atoms with Crippen LogP contribution in [0.15, 0.2) is 60.8 Å². The van der Waals surface area contributed by atoms with E-state index in [4.69, 9.17) is 4.74 Å². The van der Waals surface area contributed by atoms with Gasteiger partial charge in [0.25, 0.3) is 0 Å². The Morgan fingerprint density at radius 3 is 2.74 bits per heavy atom. The number of thiophene rings is 1. The van der Waals surface area contributed by atoms with Crippen LogP contribution in [0.4, 0.5) is 11.5 Å². The molecule has 1 aliphatic heterocycles. The summed E-state index contributed by atoms with van der Waals surface area (Å²) in [6.45, 7) is 6.48. The second-order valence-corrected chi connectivity index (χ2v) is 10.1. The Balaban J connectivity index is 1.39. The molecule has 0 bridgehead atoms. The van der Waals surface area contributed by atoms with Crippen molar-refractivity contribution in [2.75, 3.05) is 50.6 Å². The molecule has 1 atom stereocenters. The molecule has 1 saturated heterocycles. The fourth-order valence-electron chi connectivity index (χ4n) is 4.44. The van der Waals surface area contributed by atoms with E-state index < -0.39 is 0 Å². The van der Waals surface area contributed by atoms with Crippen LogP contribution in [0.1, 0.15) is 23.4 Å². The maximum absolute atomic E-state index is 5.52. The van der Waals surface area contributed by atoms with Crippen molar-refractivity contribution in [3.63, 3.8) is 0 Å². The van der Waals surface area contributed by atoms with Crippen molar-refractivity contribution in [3.05, 3.63) is 71.2 Å². The average molecular weight is 474 g/mol. The first-order valence-electron chi connectivity index (χ1n) is 11.8. The Bertz CT molecular complexity index is 1260. The molecule has 4 aromatic rings. The number of nitrogens with zero attached hydrogens (tertiary/aromatic N) is 4. The van der Waals surface area contributed by atoms with E-state index >= 15 is 0 Å². The van der Waals surface area contributed by atoms with Crippen molar-refractivity contribution in [1.82, 2.24) is 15.1 Å². The first-order chi connectivity index (χ1) is 16.6. The van der Waals surface area contributed by atoms with E-state index in [-0.39, 0.29) is 6.04 Å². The van der Waals surface area contributed by atoms with Gasteiger partial charge in [-0.15, -0.1) is 16.4 Å². The lowest BCUT2D eigenvalue weighted by Crippen LogP contribution is -2.36. The maximum atomic E-state index is 5.52. The molecule has 0 saturated carbocycles. The third-order valence-corrected chi connectivity index (χ3v) is 7.50.